The van der Waals surface area contributed by atoms with Crippen molar-refractivity contribution in [3.05, 3.63) is 41.5 Å². The molecule has 3 aliphatic rings. The highest BCUT2D eigenvalue weighted by Crippen LogP contribution is 2.43. The molecule has 8 N–H and O–H groups in total. The van der Waals surface area contributed by atoms with Gasteiger partial charge >= 0.3 is 0 Å². The number of ketones is 1. The third-order valence-corrected chi connectivity index (χ3v) is 7.72. The van der Waals surface area contributed by atoms with E-state index in [1.165, 1.54) is 32.2 Å². The Kier molecular flexibility index (Phi) is 8.99. The number of hydrogen-bond donors (Lipinski definition) is 8. The van der Waals surface area contributed by atoms with E-state index in [4.69, 9.17) is 28.4 Å². The number of ether oxygens (including phenoxy) is 6. The minimum atomic E-state index is -1.76. The van der Waals surface area contributed by atoms with Gasteiger partial charge in [-0.3, -0.25) is 4.79 Å². The second-order valence-corrected chi connectivity index (χ2v) is 10.6. The molecule has 0 aliphatic carbocycles. The molecule has 0 amide bonds. The highest BCUT2D eigenvalue weighted by molar-refractivity contribution is 6.02. The van der Waals surface area contributed by atoms with E-state index in [0.29, 0.717) is 5.56 Å². The fourth-order valence-corrected chi connectivity index (χ4v) is 5.29. The number of carbonyl (C=O) groups is 1. The molecule has 15 heteroatoms. The van der Waals surface area contributed by atoms with Gasteiger partial charge in [0.15, 0.2) is 29.7 Å². The van der Waals surface area contributed by atoms with Crippen LogP contribution in [0.1, 0.15) is 35.4 Å². The van der Waals surface area contributed by atoms with E-state index < -0.39 is 85.7 Å². The van der Waals surface area contributed by atoms with Crippen LogP contribution in [0.5, 0.6) is 28.7 Å². The highest BCUT2D eigenvalue weighted by Gasteiger charge is 2.51. The Morgan fingerprint density at radius 3 is 2.30 bits per heavy atom. The van der Waals surface area contributed by atoms with Crippen LogP contribution in [0.25, 0.3) is 0 Å². The van der Waals surface area contributed by atoms with Gasteiger partial charge in [-0.1, -0.05) is 6.07 Å². The zero-order chi connectivity index (χ0) is 31.2. The number of hydrogen-bond acceptors (Lipinski definition) is 15. The van der Waals surface area contributed by atoms with Crippen molar-refractivity contribution in [2.24, 2.45) is 0 Å². The van der Waals surface area contributed by atoms with E-state index in [2.05, 4.69) is 0 Å². The lowest BCUT2D eigenvalue weighted by Gasteiger charge is -2.45. The molecule has 15 nitrogen and oxygen atoms in total. The Morgan fingerprint density at radius 2 is 1.63 bits per heavy atom. The summed E-state index contributed by atoms with van der Waals surface area (Å²) in [5, 5.41) is 82.4. The molecular formula is C28H34O15. The molecule has 0 spiro atoms. The van der Waals surface area contributed by atoms with Crippen molar-refractivity contribution in [2.45, 2.75) is 80.9 Å². The van der Waals surface area contributed by atoms with Gasteiger partial charge in [0, 0.05) is 12.1 Å². The summed E-state index contributed by atoms with van der Waals surface area (Å²) < 4.78 is 33.7. The Hall–Kier alpha value is -3.25. The van der Waals surface area contributed by atoms with Gasteiger partial charge < -0.3 is 69.3 Å². The SMILES string of the molecule is COc1ccc([C@@H]2CC(=O)c3c(O)cc(O[C@@H]4O[C@H](CO)[C@@H](O)[C@@H](O)[C@@H]4O[C@@H]4O[C@@H](C)[C@H](O)[C@H](O)[C@@H]4O)cc3O2)cc1O. The van der Waals surface area contributed by atoms with Crippen LogP contribution in [0.15, 0.2) is 30.3 Å². The number of Topliss-reactive ketones (excluding diaryl/α,β-unsaturated/α-hetero) is 1. The monoisotopic (exact) mass is 610 g/mol. The van der Waals surface area contributed by atoms with E-state index in [0.717, 1.165) is 6.07 Å². The summed E-state index contributed by atoms with van der Waals surface area (Å²) >= 11 is 0. The molecule has 0 aromatic heterocycles. The van der Waals surface area contributed by atoms with Gasteiger partial charge in [-0.2, -0.15) is 0 Å². The third-order valence-electron chi connectivity index (χ3n) is 7.72. The Labute approximate surface area is 245 Å². The van der Waals surface area contributed by atoms with Crippen molar-refractivity contribution in [1.82, 2.24) is 0 Å². The van der Waals surface area contributed by atoms with Gasteiger partial charge in [-0.25, -0.2) is 0 Å². The van der Waals surface area contributed by atoms with Crippen LogP contribution in [0.2, 0.25) is 0 Å². The van der Waals surface area contributed by atoms with Crippen molar-refractivity contribution in [1.29, 1.82) is 0 Å². The summed E-state index contributed by atoms with van der Waals surface area (Å²) in [7, 11) is 1.39. The molecule has 0 radical (unpaired) electrons. The first-order chi connectivity index (χ1) is 20.4. The van der Waals surface area contributed by atoms with Crippen LogP contribution in [-0.4, -0.2) is 122 Å². The van der Waals surface area contributed by atoms with Gasteiger partial charge in [0.25, 0.3) is 0 Å². The molecule has 5 rings (SSSR count). The minimum Gasteiger partial charge on any atom is -0.507 e. The summed E-state index contributed by atoms with van der Waals surface area (Å²) in [6, 6.07) is 6.89. The highest BCUT2D eigenvalue weighted by atomic mass is 16.8. The molecule has 2 saturated heterocycles. The third kappa shape index (κ3) is 5.95. The smallest absolute Gasteiger partial charge is 0.229 e. The first kappa shape index (κ1) is 31.2. The number of rotatable bonds is 7. The average molecular weight is 611 g/mol. The van der Waals surface area contributed by atoms with Crippen molar-refractivity contribution in [3.8, 4) is 28.7 Å². The summed E-state index contributed by atoms with van der Waals surface area (Å²) in [4.78, 5) is 13.0. The second kappa shape index (κ2) is 12.4. The largest absolute Gasteiger partial charge is 0.507 e. The topological polar surface area (TPSA) is 234 Å². The lowest BCUT2D eigenvalue weighted by molar-refractivity contribution is -0.354. The standard InChI is InChI=1S/C28H34O15/c1-10-21(33)23(35)25(37)27(39-10)43-26-24(36)22(34)19(9-29)42-28(26)40-12-6-14(31)20-15(32)8-17(41-18(20)7-12)11-3-4-16(38-2)13(30)5-11/h3-7,10,17,19,21-31,33-37H,8-9H2,1-2H3/t10-,17-,19+,21-,22+,23-,24+,25-,26-,27-,28+/m0/s1. The molecular weight excluding hydrogens is 576 g/mol. The number of benzene rings is 2. The maximum absolute atomic E-state index is 13.0. The van der Waals surface area contributed by atoms with Crippen molar-refractivity contribution >= 4 is 5.78 Å². The van der Waals surface area contributed by atoms with Crippen LogP contribution < -0.4 is 14.2 Å². The number of methoxy groups -OCH3 is 1. The van der Waals surface area contributed by atoms with Crippen LogP contribution >= 0.6 is 0 Å². The quantitative estimate of drug-likeness (QED) is 0.185. The van der Waals surface area contributed by atoms with Gasteiger partial charge in [-0.05, 0) is 24.6 Å². The molecule has 43 heavy (non-hydrogen) atoms. The van der Waals surface area contributed by atoms with E-state index in [-0.39, 0.29) is 35.0 Å². The summed E-state index contributed by atoms with van der Waals surface area (Å²) in [6.45, 7) is 0.699. The molecule has 2 aromatic carbocycles. The number of aliphatic hydroxyl groups excluding tert-OH is 6. The minimum absolute atomic E-state index is 0.0592. The number of phenols is 2. The molecule has 3 aliphatic heterocycles. The van der Waals surface area contributed by atoms with Crippen LogP contribution in [0.3, 0.4) is 0 Å². The number of carbonyl (C=O) groups excluding carboxylic acids is 1. The Morgan fingerprint density at radius 1 is 0.884 bits per heavy atom. The predicted molar refractivity (Wildman–Crippen MR) is 141 cm³/mol. The van der Waals surface area contributed by atoms with E-state index in [9.17, 15) is 45.6 Å². The first-order valence-corrected chi connectivity index (χ1v) is 13.5. The van der Waals surface area contributed by atoms with Crippen LogP contribution in [0, 0.1) is 0 Å². The van der Waals surface area contributed by atoms with E-state index in [1.54, 1.807) is 6.07 Å². The molecule has 3 heterocycles. The van der Waals surface area contributed by atoms with Crippen LogP contribution in [0.4, 0.5) is 0 Å². The molecule has 0 saturated carbocycles. The maximum Gasteiger partial charge on any atom is 0.229 e. The number of aliphatic hydroxyl groups is 6. The first-order valence-electron chi connectivity index (χ1n) is 13.5. The lowest BCUT2D eigenvalue weighted by Crippen LogP contribution is -2.64. The summed E-state index contributed by atoms with van der Waals surface area (Å²) in [6.07, 6.45) is -16.3. The van der Waals surface area contributed by atoms with Crippen molar-refractivity contribution in [2.75, 3.05) is 13.7 Å². The summed E-state index contributed by atoms with van der Waals surface area (Å²) in [5.41, 5.74) is 0.352. The molecule has 2 aromatic rings. The normalized spacial score (nSPS) is 36.0. The Balaban J connectivity index is 1.41. The molecule has 2 fully saturated rings. The van der Waals surface area contributed by atoms with E-state index >= 15 is 0 Å². The van der Waals surface area contributed by atoms with Gasteiger partial charge in [0.1, 0.15) is 65.5 Å². The van der Waals surface area contributed by atoms with Crippen LogP contribution in [-0.2, 0) is 14.2 Å². The molecule has 0 unspecified atom stereocenters. The fourth-order valence-electron chi connectivity index (χ4n) is 5.29. The second-order valence-electron chi connectivity index (χ2n) is 10.6. The molecule has 0 bridgehead atoms. The van der Waals surface area contributed by atoms with Gasteiger partial charge in [-0.15, -0.1) is 0 Å². The van der Waals surface area contributed by atoms with Gasteiger partial charge in [0.05, 0.1) is 26.2 Å². The van der Waals surface area contributed by atoms with Crippen molar-refractivity contribution < 1.29 is 74.1 Å². The zero-order valence-corrected chi connectivity index (χ0v) is 23.1. The summed E-state index contributed by atoms with van der Waals surface area (Å²) in [5.74, 6) is -1.06. The number of fused-ring (bicyclic) bond motifs is 1. The fraction of sp³-hybridized carbons (Fsp3) is 0.536. The average Bonchev–Trinajstić information content (AvgIpc) is 2.97. The molecule has 236 valence electrons. The number of aromatic hydroxyl groups is 2. The van der Waals surface area contributed by atoms with E-state index in [1.807, 2.05) is 0 Å². The van der Waals surface area contributed by atoms with Crippen molar-refractivity contribution in [3.63, 3.8) is 0 Å². The lowest BCUT2D eigenvalue weighted by atomic mass is 9.95. The predicted octanol–water partition coefficient (Wildman–Crippen LogP) is -1.16. The zero-order valence-electron chi connectivity index (χ0n) is 23.1. The van der Waals surface area contributed by atoms with Gasteiger partial charge in [0.2, 0.25) is 6.29 Å². The maximum atomic E-state index is 13.0. The Bertz CT molecular complexity index is 1320. The molecule has 11 atom stereocenters. The number of phenolic OH excluding ortho intramolecular Hbond substituents is 2.